The Morgan fingerprint density at radius 2 is 2.18 bits per heavy atom. The number of alkyl halides is 1. The molecular weight excluding hydrogens is 346 g/mol. The number of fused-ring (bicyclic) bond motifs is 1. The standard InChI is InChI=1S/C17H28BrNO3/c18-15(10-19)6-4-2-1-3-5-14-7-8-16(11-20)12-22-13-17(16,21)9-14/h4,6,10,14-15,19-21H,1-3,5,7-9,11-13H2/b6-4+,19-10?. The van der Waals surface area contributed by atoms with Gasteiger partial charge in [0.25, 0.3) is 0 Å². The van der Waals surface area contributed by atoms with Gasteiger partial charge in [-0.15, -0.1) is 0 Å². The first kappa shape index (κ1) is 18.1. The van der Waals surface area contributed by atoms with Crippen LogP contribution in [0.25, 0.3) is 0 Å². The molecule has 1 saturated heterocycles. The highest BCUT2D eigenvalue weighted by atomic mass is 79.9. The van der Waals surface area contributed by atoms with E-state index in [0.29, 0.717) is 19.1 Å². The van der Waals surface area contributed by atoms with E-state index in [9.17, 15) is 10.2 Å². The summed E-state index contributed by atoms with van der Waals surface area (Å²) in [6.45, 7) is 0.906. The number of allylic oxidation sites excluding steroid dienone is 2. The van der Waals surface area contributed by atoms with E-state index in [0.717, 1.165) is 44.9 Å². The molecule has 0 radical (unpaired) electrons. The zero-order valence-corrected chi connectivity index (χ0v) is 14.7. The zero-order chi connectivity index (χ0) is 16.1. The van der Waals surface area contributed by atoms with Crippen molar-refractivity contribution in [1.82, 2.24) is 0 Å². The number of halogens is 1. The van der Waals surface area contributed by atoms with Crippen molar-refractivity contribution in [3.8, 4) is 0 Å². The highest BCUT2D eigenvalue weighted by Gasteiger charge is 2.57. The Morgan fingerprint density at radius 3 is 2.91 bits per heavy atom. The van der Waals surface area contributed by atoms with Crippen molar-refractivity contribution < 1.29 is 14.9 Å². The molecule has 22 heavy (non-hydrogen) atoms. The summed E-state index contributed by atoms with van der Waals surface area (Å²) >= 11 is 3.36. The maximum Gasteiger partial charge on any atom is 0.0982 e. The Balaban J connectivity index is 1.70. The summed E-state index contributed by atoms with van der Waals surface area (Å²) in [5.41, 5.74) is -1.23. The Morgan fingerprint density at radius 1 is 1.36 bits per heavy atom. The van der Waals surface area contributed by atoms with Crippen LogP contribution in [0.1, 0.15) is 44.9 Å². The van der Waals surface area contributed by atoms with Crippen LogP contribution in [0.2, 0.25) is 0 Å². The van der Waals surface area contributed by atoms with Gasteiger partial charge in [-0.1, -0.05) is 40.9 Å². The molecule has 4 unspecified atom stereocenters. The van der Waals surface area contributed by atoms with Gasteiger partial charge >= 0.3 is 0 Å². The van der Waals surface area contributed by atoms with Crippen LogP contribution in [0.4, 0.5) is 0 Å². The molecule has 2 fully saturated rings. The van der Waals surface area contributed by atoms with Gasteiger partial charge in [-0.05, 0) is 38.0 Å². The SMILES string of the molecule is N=CC(Br)/C=C/CCCCC1CCC2(CO)COCC2(O)C1. The molecule has 5 heteroatoms. The molecule has 3 N–H and O–H groups in total. The lowest BCUT2D eigenvalue weighted by Gasteiger charge is -2.46. The van der Waals surface area contributed by atoms with Gasteiger partial charge < -0.3 is 20.4 Å². The normalized spacial score (nSPS) is 36.4. The number of hydrogen-bond donors (Lipinski definition) is 3. The third kappa shape index (κ3) is 3.99. The summed E-state index contributed by atoms with van der Waals surface area (Å²) in [4.78, 5) is 0.0501. The van der Waals surface area contributed by atoms with Gasteiger partial charge in [0, 0.05) is 11.6 Å². The van der Waals surface area contributed by atoms with Crippen molar-refractivity contribution in [1.29, 1.82) is 5.41 Å². The van der Waals surface area contributed by atoms with Gasteiger partial charge in [0.2, 0.25) is 0 Å². The van der Waals surface area contributed by atoms with Crippen molar-refractivity contribution in [3.05, 3.63) is 12.2 Å². The molecule has 0 aromatic carbocycles. The van der Waals surface area contributed by atoms with E-state index in [1.165, 1.54) is 6.21 Å². The van der Waals surface area contributed by atoms with Crippen molar-refractivity contribution in [2.75, 3.05) is 19.8 Å². The van der Waals surface area contributed by atoms with Crippen molar-refractivity contribution in [2.24, 2.45) is 11.3 Å². The van der Waals surface area contributed by atoms with E-state index < -0.39 is 11.0 Å². The van der Waals surface area contributed by atoms with E-state index in [1.54, 1.807) is 0 Å². The van der Waals surface area contributed by atoms with Crippen LogP contribution in [0.15, 0.2) is 12.2 Å². The number of hydrogen-bond acceptors (Lipinski definition) is 4. The molecule has 1 aliphatic carbocycles. The topological polar surface area (TPSA) is 73.5 Å². The number of unbranched alkanes of at least 4 members (excludes halogenated alkanes) is 2. The van der Waals surface area contributed by atoms with E-state index in [1.807, 2.05) is 6.08 Å². The zero-order valence-electron chi connectivity index (χ0n) is 13.1. The minimum atomic E-state index is -0.822. The average Bonchev–Trinajstić information content (AvgIpc) is 2.87. The molecule has 2 aliphatic rings. The lowest BCUT2D eigenvalue weighted by molar-refractivity contribution is -0.116. The fourth-order valence-corrected chi connectivity index (χ4v) is 4.05. The Hall–Kier alpha value is -0.230. The smallest absolute Gasteiger partial charge is 0.0982 e. The molecule has 126 valence electrons. The van der Waals surface area contributed by atoms with Crippen LogP contribution in [0.5, 0.6) is 0 Å². The van der Waals surface area contributed by atoms with Gasteiger partial charge in [-0.3, -0.25) is 0 Å². The first-order valence-corrected chi connectivity index (χ1v) is 9.19. The number of nitrogens with one attached hydrogen (secondary N) is 1. The third-order valence-corrected chi connectivity index (χ3v) is 5.95. The lowest BCUT2D eigenvalue weighted by atomic mass is 9.62. The highest BCUT2D eigenvalue weighted by molar-refractivity contribution is 9.10. The Bertz CT molecular complexity index is 403. The van der Waals surface area contributed by atoms with E-state index in [-0.39, 0.29) is 11.4 Å². The minimum absolute atomic E-state index is 0.0295. The predicted octanol–water partition coefficient (Wildman–Crippen LogP) is 3.06. The van der Waals surface area contributed by atoms with Crippen LogP contribution < -0.4 is 0 Å². The molecule has 0 amide bonds. The van der Waals surface area contributed by atoms with E-state index >= 15 is 0 Å². The Labute approximate surface area is 141 Å². The van der Waals surface area contributed by atoms with Gasteiger partial charge in [0.15, 0.2) is 0 Å². The third-order valence-electron chi connectivity index (χ3n) is 5.38. The van der Waals surface area contributed by atoms with Gasteiger partial charge in [-0.2, -0.15) is 0 Å². The molecule has 0 aromatic heterocycles. The second kappa shape index (κ2) is 8.04. The maximum absolute atomic E-state index is 10.8. The molecule has 4 atom stereocenters. The van der Waals surface area contributed by atoms with Crippen molar-refractivity contribution in [3.63, 3.8) is 0 Å². The van der Waals surface area contributed by atoms with Gasteiger partial charge in [0.05, 0.1) is 30.2 Å². The van der Waals surface area contributed by atoms with E-state index in [2.05, 4.69) is 22.0 Å². The first-order valence-electron chi connectivity index (χ1n) is 8.27. The van der Waals surface area contributed by atoms with Gasteiger partial charge in [-0.25, -0.2) is 0 Å². The number of aliphatic hydroxyl groups excluding tert-OH is 1. The summed E-state index contributed by atoms with van der Waals surface area (Å²) in [5, 5.41) is 27.6. The second-order valence-electron chi connectivity index (χ2n) is 6.90. The van der Waals surface area contributed by atoms with Crippen LogP contribution in [-0.4, -0.2) is 46.7 Å². The van der Waals surface area contributed by atoms with Crippen LogP contribution in [0, 0.1) is 16.7 Å². The lowest BCUT2D eigenvalue weighted by Crippen LogP contribution is -2.53. The molecule has 1 aliphatic heterocycles. The maximum atomic E-state index is 10.8. The summed E-state index contributed by atoms with van der Waals surface area (Å²) < 4.78 is 5.49. The number of rotatable bonds is 8. The van der Waals surface area contributed by atoms with Crippen molar-refractivity contribution in [2.45, 2.75) is 55.4 Å². The van der Waals surface area contributed by atoms with Gasteiger partial charge in [0.1, 0.15) is 0 Å². The monoisotopic (exact) mass is 373 g/mol. The summed E-state index contributed by atoms with van der Waals surface area (Å²) in [7, 11) is 0. The summed E-state index contributed by atoms with van der Waals surface area (Å²) in [5.74, 6) is 0.542. The molecule has 1 heterocycles. The molecule has 1 saturated carbocycles. The summed E-state index contributed by atoms with van der Waals surface area (Å²) in [6.07, 6.45) is 12.7. The fraction of sp³-hybridized carbons (Fsp3) is 0.824. The van der Waals surface area contributed by atoms with E-state index in [4.69, 9.17) is 10.1 Å². The summed E-state index contributed by atoms with van der Waals surface area (Å²) in [6, 6.07) is 0. The van der Waals surface area contributed by atoms with Crippen molar-refractivity contribution >= 4 is 22.1 Å². The molecule has 0 bridgehead atoms. The van der Waals surface area contributed by atoms with Crippen LogP contribution in [0.3, 0.4) is 0 Å². The molecule has 0 aromatic rings. The molecular formula is C17H28BrNO3. The largest absolute Gasteiger partial charge is 0.396 e. The predicted molar refractivity (Wildman–Crippen MR) is 91.7 cm³/mol. The second-order valence-corrected chi connectivity index (χ2v) is 7.95. The minimum Gasteiger partial charge on any atom is -0.396 e. The molecule has 4 nitrogen and oxygen atoms in total. The molecule has 0 spiro atoms. The fourth-order valence-electron chi connectivity index (χ4n) is 3.84. The van der Waals surface area contributed by atoms with Crippen LogP contribution in [-0.2, 0) is 4.74 Å². The first-order chi connectivity index (χ1) is 10.6. The quantitative estimate of drug-likeness (QED) is 0.265. The number of aliphatic hydroxyl groups is 2. The highest BCUT2D eigenvalue weighted by Crippen LogP contribution is 2.51. The molecule has 2 rings (SSSR count). The number of ether oxygens (including phenoxy) is 1. The Kier molecular flexibility index (Phi) is 6.62. The van der Waals surface area contributed by atoms with Crippen LogP contribution >= 0.6 is 15.9 Å². The average molecular weight is 374 g/mol.